The summed E-state index contributed by atoms with van der Waals surface area (Å²) in [5, 5.41) is 4.06. The molecule has 2 aromatic heterocycles. The lowest BCUT2D eigenvalue weighted by Gasteiger charge is -2.28. The summed E-state index contributed by atoms with van der Waals surface area (Å²) in [6, 6.07) is 10.8. The van der Waals surface area contributed by atoms with Crippen LogP contribution in [0.3, 0.4) is 0 Å². The Morgan fingerprint density at radius 1 is 1.14 bits per heavy atom. The van der Waals surface area contributed by atoms with Gasteiger partial charge in [0.15, 0.2) is 5.11 Å². The molecule has 0 spiro atoms. The molecule has 28 heavy (non-hydrogen) atoms. The molecule has 0 amide bonds. The highest BCUT2D eigenvalue weighted by molar-refractivity contribution is 14.1. The fraction of sp³-hybridized carbons (Fsp3) is 0.238. The minimum Gasteiger partial charge on any atom is -0.362 e. The van der Waals surface area contributed by atoms with Crippen LogP contribution in [0.25, 0.3) is 0 Å². The molecule has 3 aromatic rings. The molecule has 3 heterocycles. The molecule has 0 unspecified atom stereocenters. The van der Waals surface area contributed by atoms with E-state index in [1.165, 1.54) is 15.2 Å². The highest BCUT2D eigenvalue weighted by Crippen LogP contribution is 2.44. The fourth-order valence-electron chi connectivity index (χ4n) is 3.83. The van der Waals surface area contributed by atoms with Crippen molar-refractivity contribution in [3.63, 3.8) is 0 Å². The molecule has 4 nitrogen and oxygen atoms in total. The summed E-state index contributed by atoms with van der Waals surface area (Å²) in [4.78, 5) is 10.1. The topological polar surface area (TPSA) is 44.0 Å². The lowest BCUT2D eigenvalue weighted by Crippen LogP contribution is -2.30. The van der Waals surface area contributed by atoms with Crippen LogP contribution in [0.5, 0.6) is 0 Å². The van der Waals surface area contributed by atoms with E-state index in [9.17, 15) is 4.39 Å². The van der Waals surface area contributed by atoms with E-state index in [-0.39, 0.29) is 17.9 Å². The van der Waals surface area contributed by atoms with Crippen molar-refractivity contribution in [1.82, 2.24) is 15.3 Å². The third kappa shape index (κ3) is 3.20. The number of hydrogen-bond acceptors (Lipinski definition) is 2. The summed E-state index contributed by atoms with van der Waals surface area (Å²) >= 11 is 8.11. The maximum Gasteiger partial charge on any atom is 0.174 e. The minimum atomic E-state index is -0.220. The van der Waals surface area contributed by atoms with Gasteiger partial charge in [0, 0.05) is 32.4 Å². The smallest absolute Gasteiger partial charge is 0.174 e. The third-order valence-corrected chi connectivity index (χ3v) is 6.86. The van der Waals surface area contributed by atoms with Crippen LogP contribution < -0.4 is 10.2 Å². The number of rotatable bonds is 3. The van der Waals surface area contributed by atoms with Crippen LogP contribution in [0, 0.1) is 30.2 Å². The number of H-pyrrole nitrogens is 1. The molecule has 1 saturated heterocycles. The SMILES string of the molecule is Cc1cc(N2C(=S)N[C@H](c3ccccn3)[C@H]2c2c(C)[nH]c(C)c2I)ccc1F. The zero-order valence-electron chi connectivity index (χ0n) is 15.8. The van der Waals surface area contributed by atoms with Gasteiger partial charge < -0.3 is 15.2 Å². The Morgan fingerprint density at radius 3 is 2.54 bits per heavy atom. The number of nitrogens with zero attached hydrogens (tertiary/aromatic N) is 2. The minimum absolute atomic E-state index is 0.0934. The maximum atomic E-state index is 13.9. The average Bonchev–Trinajstić information content (AvgIpc) is 3.13. The quantitative estimate of drug-likeness (QED) is 0.376. The number of hydrogen-bond donors (Lipinski definition) is 2. The Bertz CT molecular complexity index is 1050. The molecule has 0 radical (unpaired) electrons. The molecule has 0 saturated carbocycles. The molecule has 1 aliphatic heterocycles. The molecule has 2 atom stereocenters. The van der Waals surface area contributed by atoms with Gasteiger partial charge in [-0.05, 0) is 91.5 Å². The second-order valence-electron chi connectivity index (χ2n) is 7.03. The van der Waals surface area contributed by atoms with Crippen molar-refractivity contribution in [2.75, 3.05) is 4.90 Å². The first-order valence-corrected chi connectivity index (χ1v) is 10.5. The molecular weight excluding hydrogens is 486 g/mol. The number of aromatic nitrogens is 2. The van der Waals surface area contributed by atoms with Gasteiger partial charge in [0.25, 0.3) is 0 Å². The van der Waals surface area contributed by atoms with Crippen LogP contribution in [-0.4, -0.2) is 15.1 Å². The van der Waals surface area contributed by atoms with Gasteiger partial charge in [-0.15, -0.1) is 0 Å². The van der Waals surface area contributed by atoms with Crippen molar-refractivity contribution in [2.45, 2.75) is 32.9 Å². The molecule has 7 heteroatoms. The van der Waals surface area contributed by atoms with Crippen LogP contribution in [0.2, 0.25) is 0 Å². The van der Waals surface area contributed by atoms with Crippen molar-refractivity contribution in [2.24, 2.45) is 0 Å². The highest BCUT2D eigenvalue weighted by atomic mass is 127. The number of anilines is 1. The molecule has 1 fully saturated rings. The third-order valence-electron chi connectivity index (χ3n) is 5.16. The van der Waals surface area contributed by atoms with Gasteiger partial charge in [-0.3, -0.25) is 4.98 Å². The van der Waals surface area contributed by atoms with E-state index in [0.29, 0.717) is 10.7 Å². The predicted octanol–water partition coefficient (Wildman–Crippen LogP) is 5.26. The summed E-state index contributed by atoms with van der Waals surface area (Å²) < 4.78 is 15.1. The number of aryl methyl sites for hydroxylation is 3. The Morgan fingerprint density at radius 2 is 1.93 bits per heavy atom. The number of aromatic amines is 1. The van der Waals surface area contributed by atoms with Gasteiger partial charge in [-0.25, -0.2) is 4.39 Å². The Labute approximate surface area is 182 Å². The summed E-state index contributed by atoms with van der Waals surface area (Å²) in [6.45, 7) is 5.92. The van der Waals surface area contributed by atoms with Gasteiger partial charge in [-0.2, -0.15) is 0 Å². The van der Waals surface area contributed by atoms with Crippen LogP contribution in [-0.2, 0) is 0 Å². The monoisotopic (exact) mass is 506 g/mol. The molecular formula is C21H20FIN4S. The van der Waals surface area contributed by atoms with Gasteiger partial charge in [-0.1, -0.05) is 6.07 Å². The van der Waals surface area contributed by atoms with E-state index in [1.54, 1.807) is 19.2 Å². The first-order chi connectivity index (χ1) is 13.4. The van der Waals surface area contributed by atoms with Gasteiger partial charge in [0.05, 0.1) is 17.8 Å². The Balaban J connectivity index is 1.91. The standard InChI is InChI=1S/C21H20FIN4S/c1-11-10-14(7-8-15(11)22)27-20(17-12(2)25-13(3)18(17)23)19(26-21(27)28)16-6-4-5-9-24-16/h4-10,19-20,25H,1-3H3,(H,26,28)/t19-,20-/m1/s1. The summed E-state index contributed by atoms with van der Waals surface area (Å²) in [7, 11) is 0. The largest absolute Gasteiger partial charge is 0.362 e. The Hall–Kier alpha value is -2.00. The molecule has 0 aliphatic carbocycles. The zero-order chi connectivity index (χ0) is 20.0. The van der Waals surface area contributed by atoms with E-state index in [2.05, 4.69) is 56.6 Å². The van der Waals surface area contributed by atoms with Gasteiger partial charge in [0.1, 0.15) is 5.82 Å². The van der Waals surface area contributed by atoms with Crippen molar-refractivity contribution in [3.8, 4) is 0 Å². The van der Waals surface area contributed by atoms with Crippen LogP contribution in [0.1, 0.15) is 40.3 Å². The Kier molecular flexibility index (Phi) is 5.13. The first-order valence-electron chi connectivity index (χ1n) is 9.00. The zero-order valence-corrected chi connectivity index (χ0v) is 18.7. The molecule has 0 bridgehead atoms. The second kappa shape index (κ2) is 7.44. The van der Waals surface area contributed by atoms with E-state index in [4.69, 9.17) is 12.2 Å². The van der Waals surface area contributed by atoms with Crippen molar-refractivity contribution in [1.29, 1.82) is 0 Å². The van der Waals surface area contributed by atoms with E-state index in [1.807, 2.05) is 24.3 Å². The van der Waals surface area contributed by atoms with Crippen LogP contribution in [0.15, 0.2) is 42.6 Å². The average molecular weight is 506 g/mol. The lowest BCUT2D eigenvalue weighted by molar-refractivity contribution is 0.564. The normalized spacial score (nSPS) is 19.2. The molecule has 1 aliphatic rings. The number of pyridine rings is 1. The van der Waals surface area contributed by atoms with Crippen LogP contribution in [0.4, 0.5) is 10.1 Å². The van der Waals surface area contributed by atoms with Crippen molar-refractivity contribution in [3.05, 3.63) is 80.2 Å². The van der Waals surface area contributed by atoms with Gasteiger partial charge >= 0.3 is 0 Å². The summed E-state index contributed by atoms with van der Waals surface area (Å²) in [6.07, 6.45) is 1.79. The molecule has 4 rings (SSSR count). The van der Waals surface area contributed by atoms with Crippen molar-refractivity contribution >= 4 is 45.6 Å². The van der Waals surface area contributed by atoms with E-state index < -0.39 is 0 Å². The summed E-state index contributed by atoms with van der Waals surface area (Å²) in [5.41, 5.74) is 5.79. The maximum absolute atomic E-state index is 13.9. The number of benzene rings is 1. The molecule has 144 valence electrons. The number of halogens is 2. The second-order valence-corrected chi connectivity index (χ2v) is 8.50. The highest BCUT2D eigenvalue weighted by Gasteiger charge is 2.43. The molecule has 2 N–H and O–H groups in total. The number of thiocarbonyl (C=S) groups is 1. The fourth-order valence-corrected chi connectivity index (χ4v) is 5.03. The molecule has 1 aromatic carbocycles. The predicted molar refractivity (Wildman–Crippen MR) is 122 cm³/mol. The van der Waals surface area contributed by atoms with E-state index in [0.717, 1.165) is 22.8 Å². The number of nitrogens with one attached hydrogen (secondary N) is 2. The van der Waals surface area contributed by atoms with Crippen molar-refractivity contribution < 1.29 is 4.39 Å². The first kappa shape index (κ1) is 19.3. The van der Waals surface area contributed by atoms with Crippen LogP contribution >= 0.6 is 34.8 Å². The lowest BCUT2D eigenvalue weighted by atomic mass is 9.96. The summed E-state index contributed by atoms with van der Waals surface area (Å²) in [5.74, 6) is -0.220. The van der Waals surface area contributed by atoms with Gasteiger partial charge in [0.2, 0.25) is 0 Å². The van der Waals surface area contributed by atoms with E-state index >= 15 is 0 Å².